The van der Waals surface area contributed by atoms with Crippen LogP contribution in [0, 0.1) is 22.7 Å². The molecule has 0 radical (unpaired) electrons. The van der Waals surface area contributed by atoms with Crippen LogP contribution in [0.1, 0.15) is 79.1 Å². The van der Waals surface area contributed by atoms with E-state index in [1.54, 1.807) is 14.2 Å². The Kier molecular flexibility index (Phi) is 4.55. The molecule has 0 N–H and O–H groups in total. The van der Waals surface area contributed by atoms with Crippen LogP contribution in [0.2, 0.25) is 0 Å². The second-order valence-corrected chi connectivity index (χ2v) is 10.4. The first-order valence-corrected chi connectivity index (χ1v) is 10.6. The summed E-state index contributed by atoms with van der Waals surface area (Å²) in [5.41, 5.74) is 0.229. The summed E-state index contributed by atoms with van der Waals surface area (Å²) in [6.45, 7) is 9.94. The molecule has 26 heavy (non-hydrogen) atoms. The van der Waals surface area contributed by atoms with Crippen LogP contribution in [0.15, 0.2) is 0 Å². The van der Waals surface area contributed by atoms with Gasteiger partial charge in [0, 0.05) is 26.1 Å². The van der Waals surface area contributed by atoms with Gasteiger partial charge in [0.2, 0.25) is 0 Å². The quantitative estimate of drug-likeness (QED) is 0.696. The van der Waals surface area contributed by atoms with Crippen molar-refractivity contribution in [3.63, 3.8) is 0 Å². The molecule has 2 spiro atoms. The molecule has 0 unspecified atom stereocenters. The molecule has 2 saturated heterocycles. The Morgan fingerprint density at radius 3 is 2.38 bits per heavy atom. The number of fused-ring (bicyclic) bond motifs is 2. The van der Waals surface area contributed by atoms with Crippen molar-refractivity contribution in [2.45, 2.75) is 103 Å². The summed E-state index contributed by atoms with van der Waals surface area (Å²) in [5, 5.41) is 0. The van der Waals surface area contributed by atoms with Crippen molar-refractivity contribution >= 4 is 0 Å². The highest BCUT2D eigenvalue weighted by atomic mass is 16.8. The second kappa shape index (κ2) is 6.17. The molecule has 150 valence electrons. The summed E-state index contributed by atoms with van der Waals surface area (Å²) in [5.74, 6) is 1.31. The molecule has 4 fully saturated rings. The first-order chi connectivity index (χ1) is 12.2. The predicted octanol–water partition coefficient (Wildman–Crippen LogP) is 4.90. The number of hydrogen-bond acceptors (Lipinski definition) is 4. The van der Waals surface area contributed by atoms with Crippen molar-refractivity contribution in [3.8, 4) is 0 Å². The van der Waals surface area contributed by atoms with E-state index in [1.807, 2.05) is 0 Å². The van der Waals surface area contributed by atoms with Gasteiger partial charge < -0.3 is 18.9 Å². The third-order valence-electron chi connectivity index (χ3n) is 8.88. The Bertz CT molecular complexity index is 548. The lowest BCUT2D eigenvalue weighted by molar-refractivity contribution is -0.281. The maximum atomic E-state index is 7.22. The fourth-order valence-corrected chi connectivity index (χ4v) is 7.57. The minimum atomic E-state index is -0.351. The molecule has 4 nitrogen and oxygen atoms in total. The van der Waals surface area contributed by atoms with Crippen molar-refractivity contribution in [2.24, 2.45) is 22.7 Å². The third-order valence-corrected chi connectivity index (χ3v) is 8.88. The highest BCUT2D eigenvalue weighted by Gasteiger charge is 2.69. The van der Waals surface area contributed by atoms with Crippen molar-refractivity contribution in [1.82, 2.24) is 0 Å². The van der Waals surface area contributed by atoms with Crippen LogP contribution in [0.25, 0.3) is 0 Å². The zero-order valence-corrected chi connectivity index (χ0v) is 17.6. The summed E-state index contributed by atoms with van der Waals surface area (Å²) in [6, 6.07) is 0. The lowest BCUT2D eigenvalue weighted by Crippen LogP contribution is -2.63. The van der Waals surface area contributed by atoms with Crippen LogP contribution >= 0.6 is 0 Å². The molecule has 2 aliphatic carbocycles. The lowest BCUT2D eigenvalue weighted by Gasteiger charge is -2.64. The number of hydrogen-bond donors (Lipinski definition) is 0. The number of ether oxygens (including phenoxy) is 4. The van der Waals surface area contributed by atoms with E-state index in [-0.39, 0.29) is 29.2 Å². The average molecular weight is 367 g/mol. The molecular formula is C22H38O4. The van der Waals surface area contributed by atoms with Gasteiger partial charge in [-0.05, 0) is 55.8 Å². The molecular weight excluding hydrogens is 328 g/mol. The van der Waals surface area contributed by atoms with E-state index in [1.165, 1.54) is 32.1 Å². The first-order valence-electron chi connectivity index (χ1n) is 10.6. The van der Waals surface area contributed by atoms with E-state index < -0.39 is 0 Å². The zero-order valence-electron chi connectivity index (χ0n) is 17.6. The maximum absolute atomic E-state index is 7.22. The molecule has 0 bridgehead atoms. The Hall–Kier alpha value is -0.160. The molecule has 4 rings (SSSR count). The molecule has 0 aromatic rings. The van der Waals surface area contributed by atoms with E-state index in [0.29, 0.717) is 11.3 Å². The normalized spacial score (nSPS) is 53.3. The molecule has 2 heterocycles. The SMILES string of the molecule is CO[C@@H]1C[C@]2(CC[C@]3(O2)[C@@H](C)CC[C@@H]2C(C)(C)CCC[C@]23C)[C@@H](OC)O1. The Labute approximate surface area is 159 Å². The molecule has 2 aliphatic heterocycles. The van der Waals surface area contributed by atoms with E-state index in [0.717, 1.165) is 25.2 Å². The van der Waals surface area contributed by atoms with Crippen LogP contribution in [0.4, 0.5) is 0 Å². The molecule has 0 amide bonds. The van der Waals surface area contributed by atoms with Gasteiger partial charge in [-0.3, -0.25) is 0 Å². The van der Waals surface area contributed by atoms with Crippen LogP contribution in [0.5, 0.6) is 0 Å². The molecule has 2 saturated carbocycles. The summed E-state index contributed by atoms with van der Waals surface area (Å²) >= 11 is 0. The average Bonchev–Trinajstić information content (AvgIpc) is 3.15. The molecule has 0 aromatic carbocycles. The molecule has 4 aliphatic rings. The van der Waals surface area contributed by atoms with Crippen molar-refractivity contribution in [3.05, 3.63) is 0 Å². The molecule has 7 atom stereocenters. The van der Waals surface area contributed by atoms with E-state index >= 15 is 0 Å². The third kappa shape index (κ3) is 2.41. The molecule has 0 aromatic heterocycles. The smallest absolute Gasteiger partial charge is 0.189 e. The Morgan fingerprint density at radius 1 is 0.923 bits per heavy atom. The van der Waals surface area contributed by atoms with Gasteiger partial charge in [0.15, 0.2) is 12.6 Å². The van der Waals surface area contributed by atoms with Gasteiger partial charge in [-0.2, -0.15) is 0 Å². The highest BCUT2D eigenvalue weighted by Crippen LogP contribution is 2.68. The van der Waals surface area contributed by atoms with Gasteiger partial charge in [-0.15, -0.1) is 0 Å². The highest BCUT2D eigenvalue weighted by molar-refractivity contribution is 5.16. The fraction of sp³-hybridized carbons (Fsp3) is 1.00. The van der Waals surface area contributed by atoms with Crippen LogP contribution in [-0.4, -0.2) is 38.0 Å². The van der Waals surface area contributed by atoms with Crippen LogP contribution in [0.3, 0.4) is 0 Å². The van der Waals surface area contributed by atoms with Crippen molar-refractivity contribution in [1.29, 1.82) is 0 Å². The predicted molar refractivity (Wildman–Crippen MR) is 101 cm³/mol. The summed E-state index contributed by atoms with van der Waals surface area (Å²) in [4.78, 5) is 0. The van der Waals surface area contributed by atoms with Crippen molar-refractivity contribution < 1.29 is 18.9 Å². The largest absolute Gasteiger partial charge is 0.362 e. The van der Waals surface area contributed by atoms with Gasteiger partial charge in [-0.1, -0.05) is 34.1 Å². The van der Waals surface area contributed by atoms with Crippen LogP contribution in [-0.2, 0) is 18.9 Å². The van der Waals surface area contributed by atoms with E-state index in [4.69, 9.17) is 18.9 Å². The van der Waals surface area contributed by atoms with Gasteiger partial charge >= 0.3 is 0 Å². The number of rotatable bonds is 2. The second-order valence-electron chi connectivity index (χ2n) is 10.4. The van der Waals surface area contributed by atoms with Crippen molar-refractivity contribution in [2.75, 3.05) is 14.2 Å². The van der Waals surface area contributed by atoms with Crippen LogP contribution < -0.4 is 0 Å². The maximum Gasteiger partial charge on any atom is 0.189 e. The Balaban J connectivity index is 1.71. The minimum absolute atomic E-state index is 0.0591. The van der Waals surface area contributed by atoms with Gasteiger partial charge in [-0.25, -0.2) is 0 Å². The first kappa shape index (κ1) is 19.2. The topological polar surface area (TPSA) is 36.9 Å². The number of methoxy groups -OCH3 is 2. The van der Waals surface area contributed by atoms with Gasteiger partial charge in [0.25, 0.3) is 0 Å². The Morgan fingerprint density at radius 2 is 1.69 bits per heavy atom. The van der Waals surface area contributed by atoms with Gasteiger partial charge in [0.05, 0.1) is 5.60 Å². The molecule has 4 heteroatoms. The standard InChI is InChI=1S/C22H38O4/c1-15-8-9-16-19(2,3)10-7-11-20(16,4)22(15)13-12-21(26-22)14-17(23-5)25-18(21)24-6/h15-18H,7-14H2,1-6H3/t15-,16+,17-,18-,20+,21+,22-/m0/s1. The summed E-state index contributed by atoms with van der Waals surface area (Å²) in [7, 11) is 3.45. The summed E-state index contributed by atoms with van der Waals surface area (Å²) in [6.07, 6.45) is 8.93. The lowest BCUT2D eigenvalue weighted by atomic mass is 9.44. The zero-order chi connectivity index (χ0) is 18.8. The van der Waals surface area contributed by atoms with Gasteiger partial charge in [0.1, 0.15) is 5.60 Å². The van der Waals surface area contributed by atoms with E-state index in [9.17, 15) is 0 Å². The monoisotopic (exact) mass is 366 g/mol. The fourth-order valence-electron chi connectivity index (χ4n) is 7.57. The minimum Gasteiger partial charge on any atom is -0.362 e. The summed E-state index contributed by atoms with van der Waals surface area (Å²) < 4.78 is 24.5. The van der Waals surface area contributed by atoms with E-state index in [2.05, 4.69) is 27.7 Å².